The van der Waals surface area contributed by atoms with Gasteiger partial charge in [-0.1, -0.05) is 35.0 Å². The molecule has 0 aliphatic carbocycles. The van der Waals surface area contributed by atoms with Gasteiger partial charge in [0, 0.05) is 23.5 Å². The summed E-state index contributed by atoms with van der Waals surface area (Å²) in [6.45, 7) is 5.47. The number of amides is 3. The summed E-state index contributed by atoms with van der Waals surface area (Å²) >= 11 is 13.4. The van der Waals surface area contributed by atoms with Gasteiger partial charge in [-0.05, 0) is 51.1 Å². The average molecular weight is 479 g/mol. The number of imide groups is 1. The molecule has 1 aromatic carbocycles. The minimum atomic E-state index is -0.555. The molecular formula is C20H20Cl2N6O2S. The van der Waals surface area contributed by atoms with Crippen LogP contribution in [0.2, 0.25) is 10.0 Å². The molecule has 0 radical (unpaired) electrons. The van der Waals surface area contributed by atoms with Crippen molar-refractivity contribution in [2.24, 2.45) is 0 Å². The summed E-state index contributed by atoms with van der Waals surface area (Å²) in [5.41, 5.74) is 0.956. The minimum absolute atomic E-state index is 0.0376. The first kappa shape index (κ1) is 23.1. The zero-order valence-electron chi connectivity index (χ0n) is 17.0. The van der Waals surface area contributed by atoms with E-state index in [9.17, 15) is 9.59 Å². The van der Waals surface area contributed by atoms with Crippen molar-refractivity contribution in [3.05, 3.63) is 52.8 Å². The number of halogens is 2. The summed E-state index contributed by atoms with van der Waals surface area (Å²) in [6.07, 6.45) is 3.32. The summed E-state index contributed by atoms with van der Waals surface area (Å²) in [6, 6.07) is 8.22. The number of thioether (sulfide) groups is 1. The predicted octanol–water partition coefficient (Wildman–Crippen LogP) is 4.35. The molecule has 3 amide bonds. The molecule has 2 heterocycles. The lowest BCUT2D eigenvalue weighted by molar-refractivity contribution is -0.117. The Kier molecular flexibility index (Phi) is 7.19. The molecule has 0 bridgehead atoms. The average Bonchev–Trinajstić information content (AvgIpc) is 3.11. The Labute approximate surface area is 193 Å². The van der Waals surface area contributed by atoms with Crippen LogP contribution in [0, 0.1) is 0 Å². The molecule has 0 fully saturated rings. The predicted molar refractivity (Wildman–Crippen MR) is 122 cm³/mol. The highest BCUT2D eigenvalue weighted by molar-refractivity contribution is 7.99. The van der Waals surface area contributed by atoms with Gasteiger partial charge in [0.25, 0.3) is 0 Å². The Morgan fingerprint density at radius 3 is 2.55 bits per heavy atom. The van der Waals surface area contributed by atoms with Crippen LogP contribution in [0.25, 0.3) is 17.1 Å². The first-order valence-corrected chi connectivity index (χ1v) is 10.9. The molecule has 8 nitrogen and oxygen atoms in total. The molecule has 0 saturated heterocycles. The number of aromatic nitrogens is 4. The minimum Gasteiger partial charge on any atom is -0.333 e. The number of benzene rings is 1. The van der Waals surface area contributed by atoms with E-state index in [4.69, 9.17) is 23.2 Å². The maximum absolute atomic E-state index is 12.2. The molecule has 0 aliphatic heterocycles. The number of carbonyl (C=O) groups is 2. The van der Waals surface area contributed by atoms with Crippen LogP contribution >= 0.6 is 35.0 Å². The van der Waals surface area contributed by atoms with Crippen molar-refractivity contribution in [1.82, 2.24) is 30.4 Å². The summed E-state index contributed by atoms with van der Waals surface area (Å²) in [7, 11) is 0. The highest BCUT2D eigenvalue weighted by Crippen LogP contribution is 2.31. The quantitative estimate of drug-likeness (QED) is 0.528. The molecule has 2 N–H and O–H groups in total. The van der Waals surface area contributed by atoms with Crippen LogP contribution in [0.4, 0.5) is 4.79 Å². The first-order chi connectivity index (χ1) is 14.6. The van der Waals surface area contributed by atoms with Crippen molar-refractivity contribution in [1.29, 1.82) is 0 Å². The maximum Gasteiger partial charge on any atom is 0.321 e. The van der Waals surface area contributed by atoms with Crippen molar-refractivity contribution in [2.45, 2.75) is 31.5 Å². The van der Waals surface area contributed by atoms with Crippen LogP contribution in [0.1, 0.15) is 20.8 Å². The van der Waals surface area contributed by atoms with E-state index in [0.29, 0.717) is 26.7 Å². The molecule has 3 rings (SSSR count). The lowest BCUT2D eigenvalue weighted by atomic mass is 10.1. The Morgan fingerprint density at radius 1 is 1.13 bits per heavy atom. The molecule has 0 saturated carbocycles. The van der Waals surface area contributed by atoms with Gasteiger partial charge in [-0.2, -0.15) is 0 Å². The first-order valence-electron chi connectivity index (χ1n) is 9.20. The van der Waals surface area contributed by atoms with Gasteiger partial charge in [0.05, 0.1) is 21.5 Å². The smallest absolute Gasteiger partial charge is 0.321 e. The van der Waals surface area contributed by atoms with Crippen molar-refractivity contribution < 1.29 is 9.59 Å². The normalized spacial score (nSPS) is 11.3. The number of urea groups is 1. The second-order valence-electron chi connectivity index (χ2n) is 7.52. The largest absolute Gasteiger partial charge is 0.333 e. The van der Waals surface area contributed by atoms with E-state index in [-0.39, 0.29) is 5.75 Å². The summed E-state index contributed by atoms with van der Waals surface area (Å²) in [5, 5.41) is 14.7. The van der Waals surface area contributed by atoms with Crippen LogP contribution in [0.5, 0.6) is 0 Å². The lowest BCUT2D eigenvalue weighted by Gasteiger charge is -2.20. The van der Waals surface area contributed by atoms with Gasteiger partial charge in [0.1, 0.15) is 0 Å². The van der Waals surface area contributed by atoms with Gasteiger partial charge in [-0.3, -0.25) is 19.7 Å². The number of nitrogens with one attached hydrogen (secondary N) is 2. The van der Waals surface area contributed by atoms with Crippen LogP contribution in [0.15, 0.2) is 47.9 Å². The van der Waals surface area contributed by atoms with Gasteiger partial charge < -0.3 is 5.32 Å². The van der Waals surface area contributed by atoms with Gasteiger partial charge in [0.15, 0.2) is 11.0 Å². The van der Waals surface area contributed by atoms with E-state index in [1.54, 1.807) is 41.2 Å². The van der Waals surface area contributed by atoms with E-state index < -0.39 is 17.5 Å². The zero-order valence-corrected chi connectivity index (χ0v) is 19.3. The Bertz CT molecular complexity index is 1100. The summed E-state index contributed by atoms with van der Waals surface area (Å²) < 4.78 is 1.76. The van der Waals surface area contributed by atoms with Gasteiger partial charge in [-0.15, -0.1) is 10.2 Å². The highest BCUT2D eigenvalue weighted by atomic mass is 35.5. The van der Waals surface area contributed by atoms with E-state index in [2.05, 4.69) is 25.8 Å². The van der Waals surface area contributed by atoms with Crippen LogP contribution in [0.3, 0.4) is 0 Å². The molecule has 2 aromatic heterocycles. The van der Waals surface area contributed by atoms with Crippen LogP contribution < -0.4 is 10.6 Å². The van der Waals surface area contributed by atoms with Crippen molar-refractivity contribution in [3.8, 4) is 17.1 Å². The number of hydrogen-bond donors (Lipinski definition) is 2. The molecule has 0 unspecified atom stereocenters. The third-order valence-corrected chi connectivity index (χ3v) is 5.46. The number of pyridine rings is 1. The standard InChI is InChI=1S/C20H20Cl2N6O2S/c1-20(2,3)25-18(30)24-16(29)11-31-19-27-26-17(12-5-4-8-23-10-12)28(19)13-6-7-14(21)15(22)9-13/h4-10H,11H2,1-3H3,(H2,24,25,29,30). The van der Waals surface area contributed by atoms with Crippen molar-refractivity contribution >= 4 is 46.9 Å². The SMILES string of the molecule is CC(C)(C)NC(=O)NC(=O)CSc1nnc(-c2cccnc2)n1-c1ccc(Cl)c(Cl)c1. The third-order valence-electron chi connectivity index (χ3n) is 3.79. The van der Waals surface area contributed by atoms with E-state index in [1.807, 2.05) is 26.8 Å². The fourth-order valence-electron chi connectivity index (χ4n) is 2.57. The zero-order chi connectivity index (χ0) is 22.6. The van der Waals surface area contributed by atoms with Crippen molar-refractivity contribution in [3.63, 3.8) is 0 Å². The second-order valence-corrected chi connectivity index (χ2v) is 9.28. The molecule has 31 heavy (non-hydrogen) atoms. The number of nitrogens with zero attached hydrogens (tertiary/aromatic N) is 4. The monoisotopic (exact) mass is 478 g/mol. The van der Waals surface area contributed by atoms with E-state index in [0.717, 1.165) is 17.3 Å². The molecule has 162 valence electrons. The molecule has 11 heteroatoms. The molecule has 0 aliphatic rings. The number of carbonyl (C=O) groups excluding carboxylic acids is 2. The van der Waals surface area contributed by atoms with Crippen molar-refractivity contribution in [2.75, 3.05) is 5.75 Å². The van der Waals surface area contributed by atoms with E-state index in [1.165, 1.54) is 0 Å². The number of hydrogen-bond acceptors (Lipinski definition) is 6. The Balaban J connectivity index is 1.85. The lowest BCUT2D eigenvalue weighted by Crippen LogP contribution is -2.48. The molecular weight excluding hydrogens is 459 g/mol. The maximum atomic E-state index is 12.2. The Morgan fingerprint density at radius 2 is 1.90 bits per heavy atom. The fraction of sp³-hybridized carbons (Fsp3) is 0.250. The van der Waals surface area contributed by atoms with E-state index >= 15 is 0 Å². The molecule has 0 atom stereocenters. The summed E-state index contributed by atoms with van der Waals surface area (Å²) in [5.74, 6) is 0.0302. The third kappa shape index (κ3) is 6.19. The summed E-state index contributed by atoms with van der Waals surface area (Å²) in [4.78, 5) is 28.3. The number of rotatable bonds is 5. The van der Waals surface area contributed by atoms with Crippen LogP contribution in [-0.4, -0.2) is 43.0 Å². The van der Waals surface area contributed by atoms with Gasteiger partial charge >= 0.3 is 6.03 Å². The molecule has 3 aromatic rings. The second kappa shape index (κ2) is 9.67. The fourth-order valence-corrected chi connectivity index (χ4v) is 3.61. The Hall–Kier alpha value is -2.62. The highest BCUT2D eigenvalue weighted by Gasteiger charge is 2.20. The van der Waals surface area contributed by atoms with Crippen LogP contribution in [-0.2, 0) is 4.79 Å². The van der Waals surface area contributed by atoms with Gasteiger partial charge in [-0.25, -0.2) is 4.79 Å². The molecule has 0 spiro atoms. The van der Waals surface area contributed by atoms with Gasteiger partial charge in [0.2, 0.25) is 5.91 Å². The topological polar surface area (TPSA) is 102 Å².